The minimum atomic E-state index is -3.27. The van der Waals surface area contributed by atoms with Crippen molar-refractivity contribution in [1.82, 2.24) is 0 Å². The lowest BCUT2D eigenvalue weighted by Gasteiger charge is -2.19. The molecule has 3 rings (SSSR count). The molecular formula is C19H22N2O4S. The highest BCUT2D eigenvalue weighted by Crippen LogP contribution is 2.32. The second-order valence-corrected chi connectivity index (χ2v) is 8.17. The van der Waals surface area contributed by atoms with Gasteiger partial charge in [-0.3, -0.25) is 9.10 Å². The number of nitrogens with zero attached hydrogens (tertiary/aromatic N) is 1. The lowest BCUT2D eigenvalue weighted by atomic mass is 10.1. The molecule has 2 aromatic rings. The lowest BCUT2D eigenvalue weighted by Crippen LogP contribution is -2.25. The van der Waals surface area contributed by atoms with Crippen LogP contribution in [0, 0.1) is 0 Å². The Kier molecular flexibility index (Phi) is 5.46. The molecule has 0 spiro atoms. The van der Waals surface area contributed by atoms with Gasteiger partial charge in [0.15, 0.2) is 0 Å². The number of amides is 1. The third-order valence-corrected chi connectivity index (χ3v) is 6.20. The third-order valence-electron chi connectivity index (χ3n) is 4.33. The summed E-state index contributed by atoms with van der Waals surface area (Å²) in [5, 5.41) is 2.84. The van der Waals surface area contributed by atoms with Crippen molar-refractivity contribution in [2.75, 3.05) is 29.0 Å². The van der Waals surface area contributed by atoms with E-state index in [-0.39, 0.29) is 11.7 Å². The summed E-state index contributed by atoms with van der Waals surface area (Å²) in [6.07, 6.45) is 1.57. The molecule has 1 fully saturated rings. The molecule has 2 aromatic carbocycles. The zero-order valence-electron chi connectivity index (χ0n) is 14.6. The van der Waals surface area contributed by atoms with Crippen molar-refractivity contribution in [2.24, 2.45) is 0 Å². The van der Waals surface area contributed by atoms with E-state index < -0.39 is 10.0 Å². The number of rotatable bonds is 6. The Morgan fingerprint density at radius 1 is 1.19 bits per heavy atom. The van der Waals surface area contributed by atoms with Gasteiger partial charge in [-0.2, -0.15) is 0 Å². The van der Waals surface area contributed by atoms with Crippen molar-refractivity contribution >= 4 is 27.3 Å². The molecule has 0 unspecified atom stereocenters. The topological polar surface area (TPSA) is 75.7 Å². The Hall–Kier alpha value is -2.54. The Morgan fingerprint density at radius 3 is 2.62 bits per heavy atom. The first-order chi connectivity index (χ1) is 12.5. The average molecular weight is 374 g/mol. The number of sulfonamides is 1. The molecule has 1 aliphatic heterocycles. The molecule has 1 aliphatic rings. The number of anilines is 2. The van der Waals surface area contributed by atoms with Gasteiger partial charge in [0, 0.05) is 13.0 Å². The normalized spacial score (nSPS) is 15.7. The molecule has 26 heavy (non-hydrogen) atoms. The van der Waals surface area contributed by atoms with Gasteiger partial charge in [-0.25, -0.2) is 8.42 Å². The number of carbonyl (C=O) groups excluding carboxylic acids is 1. The SMILES string of the molecule is COc1ccc(N2CCCS2(=O)=O)cc1NC(=O)CCc1ccccc1. The second-order valence-electron chi connectivity index (χ2n) is 6.16. The number of ether oxygens (including phenoxy) is 1. The van der Waals surface area contributed by atoms with Crippen LogP contribution < -0.4 is 14.4 Å². The maximum Gasteiger partial charge on any atom is 0.235 e. The smallest absolute Gasteiger partial charge is 0.235 e. The summed E-state index contributed by atoms with van der Waals surface area (Å²) in [6, 6.07) is 14.8. The van der Waals surface area contributed by atoms with E-state index in [9.17, 15) is 13.2 Å². The lowest BCUT2D eigenvalue weighted by molar-refractivity contribution is -0.116. The van der Waals surface area contributed by atoms with Crippen LogP contribution in [0.3, 0.4) is 0 Å². The first kappa shape index (κ1) is 18.3. The molecule has 1 heterocycles. The third kappa shape index (κ3) is 4.16. The molecule has 0 atom stereocenters. The fourth-order valence-electron chi connectivity index (χ4n) is 2.99. The van der Waals surface area contributed by atoms with Crippen molar-refractivity contribution < 1.29 is 17.9 Å². The van der Waals surface area contributed by atoms with Crippen LogP contribution in [0.5, 0.6) is 5.75 Å². The molecule has 138 valence electrons. The van der Waals surface area contributed by atoms with E-state index in [1.165, 1.54) is 11.4 Å². The van der Waals surface area contributed by atoms with Gasteiger partial charge in [0.1, 0.15) is 5.75 Å². The van der Waals surface area contributed by atoms with Gasteiger partial charge in [-0.1, -0.05) is 30.3 Å². The van der Waals surface area contributed by atoms with Crippen LogP contribution in [0.1, 0.15) is 18.4 Å². The zero-order valence-corrected chi connectivity index (χ0v) is 15.5. The van der Waals surface area contributed by atoms with E-state index in [0.717, 1.165) is 5.56 Å². The second kappa shape index (κ2) is 7.78. The van der Waals surface area contributed by atoms with E-state index in [0.29, 0.717) is 42.9 Å². The van der Waals surface area contributed by atoms with Crippen molar-refractivity contribution in [1.29, 1.82) is 0 Å². The zero-order chi connectivity index (χ0) is 18.6. The number of hydrogen-bond donors (Lipinski definition) is 1. The quantitative estimate of drug-likeness (QED) is 0.844. The predicted octanol–water partition coefficient (Wildman–Crippen LogP) is 2.81. The first-order valence-electron chi connectivity index (χ1n) is 8.52. The van der Waals surface area contributed by atoms with E-state index in [1.807, 2.05) is 30.3 Å². The minimum Gasteiger partial charge on any atom is -0.495 e. The van der Waals surface area contributed by atoms with Crippen LogP contribution in [-0.4, -0.2) is 33.7 Å². The Bertz CT molecular complexity index is 882. The van der Waals surface area contributed by atoms with Crippen LogP contribution in [0.15, 0.2) is 48.5 Å². The van der Waals surface area contributed by atoms with Crippen LogP contribution >= 0.6 is 0 Å². The molecular weight excluding hydrogens is 352 g/mol. The molecule has 1 amide bonds. The maximum atomic E-state index is 12.3. The molecule has 0 aliphatic carbocycles. The number of nitrogens with one attached hydrogen (secondary N) is 1. The van der Waals surface area contributed by atoms with Gasteiger partial charge >= 0.3 is 0 Å². The van der Waals surface area contributed by atoms with Gasteiger partial charge in [0.2, 0.25) is 15.9 Å². The molecule has 6 nitrogen and oxygen atoms in total. The molecule has 0 saturated carbocycles. The van der Waals surface area contributed by atoms with Crippen LogP contribution in [0.2, 0.25) is 0 Å². The molecule has 0 aromatic heterocycles. The molecule has 7 heteroatoms. The highest BCUT2D eigenvalue weighted by molar-refractivity contribution is 7.93. The average Bonchev–Trinajstić information content (AvgIpc) is 3.00. The molecule has 0 bridgehead atoms. The molecule has 1 saturated heterocycles. The molecule has 0 radical (unpaired) electrons. The van der Waals surface area contributed by atoms with Crippen molar-refractivity contribution in [3.8, 4) is 5.75 Å². The van der Waals surface area contributed by atoms with Gasteiger partial charge in [-0.05, 0) is 36.6 Å². The number of hydrogen-bond acceptors (Lipinski definition) is 4. The number of aryl methyl sites for hydroxylation is 1. The predicted molar refractivity (Wildman–Crippen MR) is 102 cm³/mol. The Labute approximate surface area is 153 Å². The number of carbonyl (C=O) groups is 1. The van der Waals surface area contributed by atoms with Gasteiger partial charge in [0.25, 0.3) is 0 Å². The fraction of sp³-hybridized carbons (Fsp3) is 0.316. The van der Waals surface area contributed by atoms with E-state index in [4.69, 9.17) is 4.74 Å². The van der Waals surface area contributed by atoms with Crippen LogP contribution in [-0.2, 0) is 21.2 Å². The van der Waals surface area contributed by atoms with Crippen molar-refractivity contribution in [3.05, 3.63) is 54.1 Å². The van der Waals surface area contributed by atoms with Gasteiger partial charge in [0.05, 0.1) is 24.2 Å². The fourth-order valence-corrected chi connectivity index (χ4v) is 4.55. The summed E-state index contributed by atoms with van der Waals surface area (Å²) in [4.78, 5) is 12.3. The monoisotopic (exact) mass is 374 g/mol. The summed E-state index contributed by atoms with van der Waals surface area (Å²) in [5.41, 5.74) is 2.11. The summed E-state index contributed by atoms with van der Waals surface area (Å²) >= 11 is 0. The van der Waals surface area contributed by atoms with Gasteiger partial charge in [-0.15, -0.1) is 0 Å². The standard InChI is InChI=1S/C19H22N2O4S/c1-25-18-10-9-16(21-12-5-13-26(21,23)24)14-17(18)20-19(22)11-8-15-6-3-2-4-7-15/h2-4,6-7,9-10,14H,5,8,11-13H2,1H3,(H,20,22). The number of benzene rings is 2. The first-order valence-corrected chi connectivity index (χ1v) is 10.1. The van der Waals surface area contributed by atoms with Crippen molar-refractivity contribution in [3.63, 3.8) is 0 Å². The van der Waals surface area contributed by atoms with E-state index >= 15 is 0 Å². The highest BCUT2D eigenvalue weighted by Gasteiger charge is 2.29. The summed E-state index contributed by atoms with van der Waals surface area (Å²) in [5.74, 6) is 0.504. The number of methoxy groups -OCH3 is 1. The van der Waals surface area contributed by atoms with Crippen LogP contribution in [0.25, 0.3) is 0 Å². The maximum absolute atomic E-state index is 12.3. The summed E-state index contributed by atoms with van der Waals surface area (Å²) in [6.45, 7) is 0.454. The van der Waals surface area contributed by atoms with Gasteiger partial charge < -0.3 is 10.1 Å². The van der Waals surface area contributed by atoms with E-state index in [1.54, 1.807) is 18.2 Å². The van der Waals surface area contributed by atoms with Crippen LogP contribution in [0.4, 0.5) is 11.4 Å². The highest BCUT2D eigenvalue weighted by atomic mass is 32.2. The van der Waals surface area contributed by atoms with E-state index in [2.05, 4.69) is 5.32 Å². The minimum absolute atomic E-state index is 0.145. The molecule has 1 N–H and O–H groups in total. The Balaban J connectivity index is 1.73. The summed E-state index contributed by atoms with van der Waals surface area (Å²) in [7, 11) is -1.76. The van der Waals surface area contributed by atoms with Crippen molar-refractivity contribution in [2.45, 2.75) is 19.3 Å². The summed E-state index contributed by atoms with van der Waals surface area (Å²) < 4.78 is 30.9. The largest absolute Gasteiger partial charge is 0.495 e. The Morgan fingerprint density at radius 2 is 1.96 bits per heavy atom.